The van der Waals surface area contributed by atoms with E-state index in [2.05, 4.69) is 158 Å². The molecule has 0 saturated carbocycles. The van der Waals surface area contributed by atoms with Gasteiger partial charge in [0.2, 0.25) is 5.91 Å². The number of carbonyl (C=O) groups is 3. The van der Waals surface area contributed by atoms with Crippen molar-refractivity contribution in [3.63, 3.8) is 0 Å². The normalized spacial score (nSPS) is 13.4. The third-order valence-corrected chi connectivity index (χ3v) is 20.8. The van der Waals surface area contributed by atoms with Gasteiger partial charge in [-0.25, -0.2) is 4.58 Å². The van der Waals surface area contributed by atoms with Gasteiger partial charge in [0, 0.05) is 88.8 Å². The third kappa shape index (κ3) is 14.3. The van der Waals surface area contributed by atoms with Crippen molar-refractivity contribution in [3.8, 4) is 11.1 Å². The standard InChI is InChI=1S/C72H81B2N5O7Si/c1-47(2)68(81)23-16-17-37-78(43-54-19-12-14-21-66(54)73(83)84)46-65-62-39-52(49(5)80)28-32-58(62)64(45-79(38-18-36-75-72(82)48(3)4)44-55-20-13-15-22-67(55)74(85)86)59-33-29-53(40-63(59)65)50-24-26-51(27-25-50)71-60-34-30-56(76(6)7)41-69(60)87(10,11)70-42-57(77(8)9)31-35-61(70)71/h12-15,19-22,24-35,39-42,83-86H,1,3,16-18,23,36-38,43-46H2,2,4-11H3/p+1. The largest absolute Gasteiger partial charge is 0.488 e. The van der Waals surface area contributed by atoms with E-state index in [4.69, 9.17) is 0 Å². The molecule has 0 saturated heterocycles. The number of rotatable bonds is 25. The van der Waals surface area contributed by atoms with Crippen LogP contribution in [0.5, 0.6) is 0 Å². The Morgan fingerprint density at radius 2 is 1.17 bits per heavy atom. The molecule has 1 aliphatic heterocycles. The van der Waals surface area contributed by atoms with Gasteiger partial charge in [-0.1, -0.05) is 129 Å². The summed E-state index contributed by atoms with van der Waals surface area (Å²) in [6, 6.07) is 43.1. The van der Waals surface area contributed by atoms with Crippen molar-refractivity contribution >= 4 is 94.4 Å². The van der Waals surface area contributed by atoms with Crippen molar-refractivity contribution < 1.29 is 39.1 Å². The first-order valence-electron chi connectivity index (χ1n) is 30.1. The van der Waals surface area contributed by atoms with Crippen LogP contribution in [0.25, 0.3) is 38.2 Å². The first kappa shape index (κ1) is 63.6. The average molecular weight is 1180 g/mol. The monoisotopic (exact) mass is 1180 g/mol. The predicted octanol–water partition coefficient (Wildman–Crippen LogP) is 9.17. The molecule has 1 amide bonds. The Labute approximate surface area is 515 Å². The van der Waals surface area contributed by atoms with Gasteiger partial charge in [0.15, 0.2) is 17.3 Å². The lowest BCUT2D eigenvalue weighted by molar-refractivity contribution is -0.462. The number of allylic oxidation sites excluding steroid dienone is 6. The van der Waals surface area contributed by atoms with Crippen LogP contribution in [0.15, 0.2) is 181 Å². The minimum atomic E-state index is -2.18. The summed E-state index contributed by atoms with van der Waals surface area (Å²) in [5.41, 5.74) is 15.1. The second kappa shape index (κ2) is 27.5. The molecule has 0 unspecified atom stereocenters. The lowest BCUT2D eigenvalue weighted by Gasteiger charge is -2.38. The van der Waals surface area contributed by atoms with E-state index < -0.39 is 22.3 Å². The number of Topliss-reactive ketones (excluding diaryl/α,β-unsaturated/α-hetero) is 2. The maximum absolute atomic E-state index is 13.5. The molecule has 7 aromatic carbocycles. The smallest absolute Gasteiger partial charge is 0.423 e. The number of nitrogens with zero attached hydrogens (tertiary/aromatic N) is 4. The maximum atomic E-state index is 13.5. The molecule has 12 nitrogen and oxygen atoms in total. The number of hydrogen-bond acceptors (Lipinski definition) is 10. The summed E-state index contributed by atoms with van der Waals surface area (Å²) in [6.45, 7) is 20.7. The van der Waals surface area contributed by atoms with Crippen LogP contribution in [0, 0.1) is 0 Å². The minimum Gasteiger partial charge on any atom is -0.423 e. The Hall–Kier alpha value is -7.85. The van der Waals surface area contributed by atoms with Crippen LogP contribution in [-0.2, 0) is 35.8 Å². The Morgan fingerprint density at radius 3 is 1.75 bits per heavy atom. The molecule has 0 bridgehead atoms. The number of ketones is 2. The zero-order chi connectivity index (χ0) is 62.4. The second-order valence-electron chi connectivity index (χ2n) is 24.5. The van der Waals surface area contributed by atoms with E-state index in [1.165, 1.54) is 38.5 Å². The molecule has 0 aromatic heterocycles. The Bertz CT molecular complexity index is 3970. The van der Waals surface area contributed by atoms with E-state index >= 15 is 0 Å². The zero-order valence-electron chi connectivity index (χ0n) is 52.0. The molecule has 0 atom stereocenters. The summed E-state index contributed by atoms with van der Waals surface area (Å²) in [4.78, 5) is 45.8. The molecule has 15 heteroatoms. The highest BCUT2D eigenvalue weighted by atomic mass is 28.3. The number of unbranched alkanes of at least 4 members (excludes halogenated alkanes) is 1. The number of hydrogen-bond donors (Lipinski definition) is 5. The van der Waals surface area contributed by atoms with Gasteiger partial charge in [0.1, 0.15) is 22.2 Å². The highest BCUT2D eigenvalue weighted by Crippen LogP contribution is 2.43. The molecule has 9 rings (SSSR count). The average Bonchev–Trinajstić information content (AvgIpc) is 0.815. The van der Waals surface area contributed by atoms with Gasteiger partial charge in [-0.15, -0.1) is 0 Å². The molecule has 1 aliphatic carbocycles. The van der Waals surface area contributed by atoms with Crippen LogP contribution in [0.1, 0.15) is 90.2 Å². The van der Waals surface area contributed by atoms with Gasteiger partial charge in [-0.05, 0) is 181 Å². The van der Waals surface area contributed by atoms with Crippen molar-refractivity contribution in [2.45, 2.75) is 85.7 Å². The van der Waals surface area contributed by atoms with Gasteiger partial charge in [-0.2, -0.15) is 0 Å². The Kier molecular flexibility index (Phi) is 20.1. The SMILES string of the molecule is C=C(C)C(=O)CCCCN(Cc1ccccc1B(O)O)Cc1c2cc(C(C)=O)ccc2c(CN(CCCNC(=O)C(=C)C)Cc2ccccc2B(O)O)c2ccc(-c3ccc(C4=C5C=CC(=[N+](C)C)C=C5[Si](C)(C)c5cc(N(C)C)ccc54)cc3)cc12. The van der Waals surface area contributed by atoms with Crippen molar-refractivity contribution in [3.05, 3.63) is 220 Å². The molecule has 2 aliphatic rings. The summed E-state index contributed by atoms with van der Waals surface area (Å²) in [5, 5.41) is 52.1. The summed E-state index contributed by atoms with van der Waals surface area (Å²) in [7, 11) is 2.83. The molecule has 5 N–H and O–H groups in total. The second-order valence-corrected chi connectivity index (χ2v) is 28.8. The number of nitrogens with one attached hydrogen (secondary N) is 1. The molecule has 1 heterocycles. The van der Waals surface area contributed by atoms with Crippen LogP contribution < -0.4 is 26.3 Å². The van der Waals surface area contributed by atoms with Crippen LogP contribution in [0.4, 0.5) is 5.69 Å². The number of carbonyl (C=O) groups excluding carboxylic acids is 3. The molecule has 0 spiro atoms. The quantitative estimate of drug-likeness (QED) is 0.00935. The molecule has 0 radical (unpaired) electrons. The minimum absolute atomic E-state index is 0.0247. The fraction of sp³-hybridized carbons (Fsp3) is 0.278. The van der Waals surface area contributed by atoms with Gasteiger partial charge < -0.3 is 30.3 Å². The Balaban J connectivity index is 1.24. The Morgan fingerprint density at radius 1 is 0.609 bits per heavy atom. The molecule has 446 valence electrons. The van der Waals surface area contributed by atoms with E-state index in [1.807, 2.05) is 42.5 Å². The van der Waals surface area contributed by atoms with Gasteiger partial charge in [0.05, 0.1) is 0 Å². The topological polar surface area (TPSA) is 157 Å². The number of benzene rings is 7. The summed E-state index contributed by atoms with van der Waals surface area (Å²) in [6.07, 6.45) is 9.20. The molecule has 87 heavy (non-hydrogen) atoms. The summed E-state index contributed by atoms with van der Waals surface area (Å²) < 4.78 is 2.18. The van der Waals surface area contributed by atoms with Gasteiger partial charge in [0.25, 0.3) is 0 Å². The van der Waals surface area contributed by atoms with Crippen LogP contribution >= 0.6 is 0 Å². The summed E-state index contributed by atoms with van der Waals surface area (Å²) >= 11 is 0. The van der Waals surface area contributed by atoms with Crippen LogP contribution in [-0.4, -0.2) is 128 Å². The fourth-order valence-corrected chi connectivity index (χ4v) is 15.4. The lowest BCUT2D eigenvalue weighted by Crippen LogP contribution is -2.49. The third-order valence-electron chi connectivity index (χ3n) is 17.3. The lowest BCUT2D eigenvalue weighted by atomic mass is 9.77. The molecule has 0 fully saturated rings. The van der Waals surface area contributed by atoms with E-state index in [0.717, 1.165) is 60.5 Å². The molecular weight excluding hydrogens is 1100 g/mol. The van der Waals surface area contributed by atoms with E-state index in [9.17, 15) is 34.5 Å². The molecular formula is C72H82B2N5O7Si+. The fourth-order valence-electron chi connectivity index (χ4n) is 12.4. The van der Waals surface area contributed by atoms with Crippen molar-refractivity contribution in [1.29, 1.82) is 0 Å². The van der Waals surface area contributed by atoms with Crippen molar-refractivity contribution in [2.75, 3.05) is 52.7 Å². The molecule has 7 aromatic rings. The first-order chi connectivity index (χ1) is 41.5. The van der Waals surface area contributed by atoms with E-state index in [0.29, 0.717) is 99.1 Å². The van der Waals surface area contributed by atoms with Crippen molar-refractivity contribution in [1.82, 2.24) is 15.1 Å². The zero-order valence-corrected chi connectivity index (χ0v) is 53.0. The highest BCUT2D eigenvalue weighted by Gasteiger charge is 2.40. The number of amides is 1. The summed E-state index contributed by atoms with van der Waals surface area (Å²) in [5.74, 6) is -0.271. The van der Waals surface area contributed by atoms with Gasteiger partial charge >= 0.3 is 14.2 Å². The van der Waals surface area contributed by atoms with Crippen LogP contribution in [0.2, 0.25) is 13.1 Å². The number of anilines is 1. The number of fused-ring (bicyclic) bond motifs is 4. The predicted molar refractivity (Wildman–Crippen MR) is 362 cm³/mol. The maximum Gasteiger partial charge on any atom is 0.488 e. The van der Waals surface area contributed by atoms with Gasteiger partial charge in [-0.3, -0.25) is 24.2 Å². The van der Waals surface area contributed by atoms with E-state index in [1.54, 1.807) is 45.0 Å². The van der Waals surface area contributed by atoms with Crippen LogP contribution in [0.3, 0.4) is 0 Å². The van der Waals surface area contributed by atoms with E-state index in [-0.39, 0.29) is 17.5 Å². The first-order valence-corrected chi connectivity index (χ1v) is 33.1. The highest BCUT2D eigenvalue weighted by molar-refractivity contribution is 6.98. The van der Waals surface area contributed by atoms with Crippen molar-refractivity contribution in [2.24, 2.45) is 0 Å².